The number of benzene rings is 2. The number of piperidine rings is 1. The number of halogens is 5. The Bertz CT molecular complexity index is 940. The molecule has 8 heteroatoms. The zero-order valence-electron chi connectivity index (χ0n) is 19.1. The van der Waals surface area contributed by atoms with Gasteiger partial charge in [-0.15, -0.1) is 0 Å². The highest BCUT2D eigenvalue weighted by Crippen LogP contribution is 2.44. The van der Waals surface area contributed by atoms with Gasteiger partial charge in [0.1, 0.15) is 11.6 Å². The van der Waals surface area contributed by atoms with Gasteiger partial charge in [-0.25, -0.2) is 4.39 Å². The maximum absolute atomic E-state index is 14.2. The first kappa shape index (κ1) is 26.0. The molecule has 0 saturated carbocycles. The Labute approximate surface area is 200 Å². The number of aliphatic hydroxyl groups is 1. The van der Waals surface area contributed by atoms with Crippen molar-refractivity contribution in [2.24, 2.45) is 0 Å². The van der Waals surface area contributed by atoms with Crippen molar-refractivity contribution in [1.82, 2.24) is 4.90 Å². The van der Waals surface area contributed by atoms with Gasteiger partial charge < -0.3 is 14.7 Å². The van der Waals surface area contributed by atoms with E-state index in [1.165, 1.54) is 30.9 Å². The molecule has 0 spiro atoms. The van der Waals surface area contributed by atoms with Crippen LogP contribution in [0.2, 0.25) is 0 Å². The van der Waals surface area contributed by atoms with E-state index in [0.29, 0.717) is 24.4 Å². The van der Waals surface area contributed by atoms with Crippen molar-refractivity contribution in [3.63, 3.8) is 0 Å². The van der Waals surface area contributed by atoms with E-state index in [-0.39, 0.29) is 5.92 Å². The SMILES string of the molecule is COc1ccc(F)cc1C(C)(C)CC(O)(CN1CCC(c2ccc(Br)cc2)CC1)C(F)(F)F. The molecule has 2 aromatic rings. The Morgan fingerprint density at radius 3 is 2.21 bits per heavy atom. The van der Waals surface area contributed by atoms with Crippen molar-refractivity contribution in [3.8, 4) is 5.75 Å². The van der Waals surface area contributed by atoms with Crippen molar-refractivity contribution < 1.29 is 27.4 Å². The number of β-amino-alcohol motifs (C(OH)–C–C–N with tert-alkyl or cyclic N) is 1. The second-order valence-corrected chi connectivity index (χ2v) is 10.5. The molecule has 1 aliphatic rings. The summed E-state index contributed by atoms with van der Waals surface area (Å²) in [6, 6.07) is 11.8. The van der Waals surface area contributed by atoms with Crippen molar-refractivity contribution in [1.29, 1.82) is 0 Å². The molecule has 1 aliphatic heterocycles. The van der Waals surface area contributed by atoms with Gasteiger partial charge in [0.25, 0.3) is 0 Å². The van der Waals surface area contributed by atoms with Gasteiger partial charge in [-0.2, -0.15) is 13.2 Å². The van der Waals surface area contributed by atoms with Crippen LogP contribution in [0.5, 0.6) is 5.75 Å². The number of hydrogen-bond acceptors (Lipinski definition) is 3. The normalized spacial score (nSPS) is 18.2. The van der Waals surface area contributed by atoms with E-state index >= 15 is 0 Å². The Morgan fingerprint density at radius 2 is 1.67 bits per heavy atom. The molecule has 3 nitrogen and oxygen atoms in total. The quantitative estimate of drug-likeness (QED) is 0.417. The summed E-state index contributed by atoms with van der Waals surface area (Å²) in [5.74, 6) is 0.00648. The summed E-state index contributed by atoms with van der Waals surface area (Å²) in [4.78, 5) is 1.68. The molecule has 0 aliphatic carbocycles. The topological polar surface area (TPSA) is 32.7 Å². The van der Waals surface area contributed by atoms with E-state index in [9.17, 15) is 22.7 Å². The minimum atomic E-state index is -4.84. The van der Waals surface area contributed by atoms with Crippen LogP contribution in [0.25, 0.3) is 0 Å². The van der Waals surface area contributed by atoms with E-state index < -0.39 is 36.0 Å². The molecule has 1 fully saturated rings. The highest BCUT2D eigenvalue weighted by molar-refractivity contribution is 9.10. The van der Waals surface area contributed by atoms with Gasteiger partial charge in [0.05, 0.1) is 7.11 Å². The smallest absolute Gasteiger partial charge is 0.418 e. The minimum Gasteiger partial charge on any atom is -0.496 e. The van der Waals surface area contributed by atoms with Gasteiger partial charge in [-0.3, -0.25) is 0 Å². The highest BCUT2D eigenvalue weighted by atomic mass is 79.9. The summed E-state index contributed by atoms with van der Waals surface area (Å²) in [7, 11) is 1.39. The zero-order valence-corrected chi connectivity index (χ0v) is 20.6. The number of rotatable bonds is 7. The monoisotopic (exact) mass is 531 g/mol. The van der Waals surface area contributed by atoms with Crippen LogP contribution in [0.1, 0.15) is 50.2 Å². The largest absolute Gasteiger partial charge is 0.496 e. The first-order valence-electron chi connectivity index (χ1n) is 11.0. The van der Waals surface area contributed by atoms with Crippen molar-refractivity contribution in [2.45, 2.75) is 56.2 Å². The summed E-state index contributed by atoms with van der Waals surface area (Å²) in [5.41, 5.74) is -2.67. The van der Waals surface area contributed by atoms with Gasteiger partial charge in [0, 0.05) is 16.6 Å². The molecular weight excluding hydrogens is 502 g/mol. The van der Waals surface area contributed by atoms with Crippen LogP contribution >= 0.6 is 15.9 Å². The minimum absolute atomic E-state index is 0.279. The van der Waals surface area contributed by atoms with Gasteiger partial charge >= 0.3 is 6.18 Å². The molecule has 1 unspecified atom stereocenters. The predicted molar refractivity (Wildman–Crippen MR) is 124 cm³/mol. The molecule has 0 bridgehead atoms. The van der Waals surface area contributed by atoms with Crippen LogP contribution in [0.4, 0.5) is 17.6 Å². The predicted octanol–water partition coefficient (Wildman–Crippen LogP) is 6.44. The summed E-state index contributed by atoms with van der Waals surface area (Å²) >= 11 is 3.41. The second kappa shape index (κ2) is 9.92. The van der Waals surface area contributed by atoms with Crippen LogP contribution in [0.3, 0.4) is 0 Å². The van der Waals surface area contributed by atoms with Crippen LogP contribution in [0, 0.1) is 5.82 Å². The lowest BCUT2D eigenvalue weighted by molar-refractivity contribution is -0.272. The maximum atomic E-state index is 14.2. The Kier molecular flexibility index (Phi) is 7.81. The molecule has 1 N–H and O–H groups in total. The molecule has 0 amide bonds. The third kappa shape index (κ3) is 6.08. The molecular formula is C25H30BrF4NO2. The van der Waals surface area contributed by atoms with Crippen molar-refractivity contribution >= 4 is 15.9 Å². The summed E-state index contributed by atoms with van der Waals surface area (Å²) < 4.78 is 62.6. The molecule has 0 aromatic heterocycles. The molecule has 1 heterocycles. The Balaban J connectivity index is 1.76. The van der Waals surface area contributed by atoms with E-state index in [0.717, 1.165) is 17.3 Å². The number of ether oxygens (including phenoxy) is 1. The number of methoxy groups -OCH3 is 1. The summed E-state index contributed by atoms with van der Waals surface area (Å²) in [5, 5.41) is 10.9. The Hall–Kier alpha value is -1.64. The summed E-state index contributed by atoms with van der Waals surface area (Å²) in [6.07, 6.45) is -4.02. The Morgan fingerprint density at radius 1 is 1.06 bits per heavy atom. The van der Waals surface area contributed by atoms with Crippen molar-refractivity contribution in [3.05, 3.63) is 63.9 Å². The van der Waals surface area contributed by atoms with Gasteiger partial charge in [0.15, 0.2) is 5.60 Å². The second-order valence-electron chi connectivity index (χ2n) is 9.54. The molecule has 33 heavy (non-hydrogen) atoms. The highest BCUT2D eigenvalue weighted by Gasteiger charge is 2.57. The lowest BCUT2D eigenvalue weighted by Gasteiger charge is -2.42. The molecule has 182 valence electrons. The zero-order chi connectivity index (χ0) is 24.4. The number of likely N-dealkylation sites (tertiary alicyclic amines) is 1. The fraction of sp³-hybridized carbons (Fsp3) is 0.520. The van der Waals surface area contributed by atoms with Crippen LogP contribution in [-0.4, -0.2) is 48.5 Å². The maximum Gasteiger partial charge on any atom is 0.418 e. The van der Waals surface area contributed by atoms with E-state index in [2.05, 4.69) is 15.9 Å². The third-order valence-electron chi connectivity index (χ3n) is 6.57. The molecule has 0 radical (unpaired) electrons. The average molecular weight is 532 g/mol. The number of nitrogens with zero attached hydrogens (tertiary/aromatic N) is 1. The number of hydrogen-bond donors (Lipinski definition) is 1. The fourth-order valence-electron chi connectivity index (χ4n) is 4.81. The van der Waals surface area contributed by atoms with Crippen LogP contribution in [0.15, 0.2) is 46.9 Å². The lowest BCUT2D eigenvalue weighted by Crippen LogP contribution is -2.57. The van der Waals surface area contributed by atoms with E-state index in [1.54, 1.807) is 18.7 Å². The standard InChI is InChI=1S/C25H30BrF4NO2/c1-23(2,21-14-20(27)8-9-22(21)33-3)15-24(32,25(28,29)30)16-31-12-10-18(11-13-31)17-4-6-19(26)7-5-17/h4-9,14,18,32H,10-13,15-16H2,1-3H3. The number of alkyl halides is 3. The average Bonchev–Trinajstić information content (AvgIpc) is 2.74. The summed E-state index contributed by atoms with van der Waals surface area (Å²) in [6.45, 7) is 3.54. The van der Waals surface area contributed by atoms with Gasteiger partial charge in [-0.05, 0) is 79.6 Å². The van der Waals surface area contributed by atoms with E-state index in [1.807, 2.05) is 24.3 Å². The van der Waals surface area contributed by atoms with Crippen molar-refractivity contribution in [2.75, 3.05) is 26.7 Å². The lowest BCUT2D eigenvalue weighted by atomic mass is 9.74. The van der Waals surface area contributed by atoms with Gasteiger partial charge in [-0.1, -0.05) is 41.9 Å². The molecule has 1 saturated heterocycles. The first-order chi connectivity index (χ1) is 15.3. The molecule has 2 aromatic carbocycles. The van der Waals surface area contributed by atoms with Crippen LogP contribution < -0.4 is 4.74 Å². The fourth-order valence-corrected chi connectivity index (χ4v) is 5.07. The van der Waals surface area contributed by atoms with E-state index in [4.69, 9.17) is 4.74 Å². The molecule has 1 atom stereocenters. The van der Waals surface area contributed by atoms with Crippen LogP contribution in [-0.2, 0) is 5.41 Å². The third-order valence-corrected chi connectivity index (χ3v) is 7.10. The molecule has 3 rings (SSSR count). The first-order valence-corrected chi connectivity index (χ1v) is 11.7. The van der Waals surface area contributed by atoms with Gasteiger partial charge in [0.2, 0.25) is 0 Å².